The molecule has 1 aliphatic rings. The van der Waals surface area contributed by atoms with Gasteiger partial charge in [-0.2, -0.15) is 13.2 Å². The number of halogens is 4. The number of hydrogen-bond acceptors (Lipinski definition) is 6. The number of rotatable bonds is 8. The van der Waals surface area contributed by atoms with Gasteiger partial charge in [0.2, 0.25) is 5.96 Å². The molecule has 0 spiro atoms. The van der Waals surface area contributed by atoms with E-state index in [-0.39, 0.29) is 35.3 Å². The van der Waals surface area contributed by atoms with E-state index in [0.29, 0.717) is 31.9 Å². The Hall–Kier alpha value is -4.74. The molecule has 0 amide bonds. The SMILES string of the molecule is CCOC(=O)/C=C/c1cccc(F)c1N=C(Nc1cc(C(F)(F)F)ccc1OC)N1CCN(c2cccc(OC)c2)CC1. The highest BCUT2D eigenvalue weighted by atomic mass is 19.4. The Labute approximate surface area is 247 Å². The van der Waals surface area contributed by atoms with Gasteiger partial charge >= 0.3 is 12.1 Å². The minimum Gasteiger partial charge on any atom is -0.497 e. The van der Waals surface area contributed by atoms with Gasteiger partial charge in [-0.3, -0.25) is 0 Å². The molecule has 3 aromatic carbocycles. The Balaban J connectivity index is 1.73. The van der Waals surface area contributed by atoms with Crippen molar-refractivity contribution in [3.8, 4) is 11.5 Å². The number of carbonyl (C=O) groups is 1. The Morgan fingerprint density at radius 3 is 2.42 bits per heavy atom. The molecule has 0 atom stereocenters. The van der Waals surface area contributed by atoms with Crippen molar-refractivity contribution in [2.45, 2.75) is 13.1 Å². The Morgan fingerprint density at radius 2 is 1.74 bits per heavy atom. The molecule has 1 N–H and O–H groups in total. The molecule has 12 heteroatoms. The smallest absolute Gasteiger partial charge is 0.416 e. The number of esters is 1. The topological polar surface area (TPSA) is 75.6 Å². The number of guanidine groups is 1. The summed E-state index contributed by atoms with van der Waals surface area (Å²) in [4.78, 5) is 20.4. The Kier molecular flexibility index (Phi) is 10.1. The minimum absolute atomic E-state index is 0.00579. The average molecular weight is 601 g/mol. The lowest BCUT2D eigenvalue weighted by atomic mass is 10.1. The van der Waals surface area contributed by atoms with Crippen molar-refractivity contribution in [1.29, 1.82) is 0 Å². The van der Waals surface area contributed by atoms with Crippen molar-refractivity contribution >= 4 is 35.1 Å². The summed E-state index contributed by atoms with van der Waals surface area (Å²) < 4.78 is 71.6. The second-order valence-electron chi connectivity index (χ2n) is 9.41. The molecule has 1 heterocycles. The van der Waals surface area contributed by atoms with Crippen molar-refractivity contribution in [2.75, 3.05) is 57.2 Å². The van der Waals surface area contributed by atoms with Crippen molar-refractivity contribution < 1.29 is 36.6 Å². The van der Waals surface area contributed by atoms with Crippen LogP contribution in [0.3, 0.4) is 0 Å². The molecule has 1 saturated heterocycles. The predicted molar refractivity (Wildman–Crippen MR) is 158 cm³/mol. The lowest BCUT2D eigenvalue weighted by Crippen LogP contribution is -2.50. The summed E-state index contributed by atoms with van der Waals surface area (Å²) >= 11 is 0. The highest BCUT2D eigenvalue weighted by Crippen LogP contribution is 2.36. The van der Waals surface area contributed by atoms with Crippen LogP contribution in [0.4, 0.5) is 34.6 Å². The molecular weight excluding hydrogens is 568 g/mol. The number of methoxy groups -OCH3 is 2. The average Bonchev–Trinajstić information content (AvgIpc) is 3.00. The number of nitrogens with zero attached hydrogens (tertiary/aromatic N) is 3. The van der Waals surface area contributed by atoms with Crippen LogP contribution in [-0.4, -0.2) is 63.8 Å². The third-order valence-electron chi connectivity index (χ3n) is 6.69. The van der Waals surface area contributed by atoms with E-state index in [2.05, 4.69) is 15.2 Å². The van der Waals surface area contributed by atoms with Crippen LogP contribution in [0.5, 0.6) is 11.5 Å². The van der Waals surface area contributed by atoms with Gasteiger partial charge < -0.3 is 29.3 Å². The summed E-state index contributed by atoms with van der Waals surface area (Å²) in [7, 11) is 2.93. The summed E-state index contributed by atoms with van der Waals surface area (Å²) in [5.74, 6) is -0.326. The van der Waals surface area contributed by atoms with Gasteiger partial charge in [0.25, 0.3) is 0 Å². The van der Waals surface area contributed by atoms with E-state index < -0.39 is 23.5 Å². The van der Waals surface area contributed by atoms with E-state index in [1.54, 1.807) is 20.1 Å². The number of alkyl halides is 3. The minimum atomic E-state index is -4.60. The number of anilines is 2. The summed E-state index contributed by atoms with van der Waals surface area (Å²) in [6.45, 7) is 3.74. The molecule has 0 radical (unpaired) electrons. The molecule has 43 heavy (non-hydrogen) atoms. The van der Waals surface area contributed by atoms with Crippen LogP contribution in [0.1, 0.15) is 18.1 Å². The van der Waals surface area contributed by atoms with Crippen LogP contribution in [-0.2, 0) is 15.7 Å². The molecule has 0 aromatic heterocycles. The van der Waals surface area contributed by atoms with Gasteiger partial charge in [0.05, 0.1) is 32.1 Å². The molecule has 3 aromatic rings. The zero-order valence-electron chi connectivity index (χ0n) is 24.0. The van der Waals surface area contributed by atoms with E-state index in [9.17, 15) is 18.0 Å². The number of ether oxygens (including phenoxy) is 3. The Morgan fingerprint density at radius 1 is 1.00 bits per heavy atom. The summed E-state index contributed by atoms with van der Waals surface area (Å²) in [5.41, 5.74) is 0.240. The number of carbonyl (C=O) groups excluding carboxylic acids is 1. The molecule has 1 fully saturated rings. The van der Waals surface area contributed by atoms with E-state index in [1.165, 1.54) is 31.4 Å². The van der Waals surface area contributed by atoms with E-state index in [0.717, 1.165) is 23.9 Å². The maximum Gasteiger partial charge on any atom is 0.416 e. The van der Waals surface area contributed by atoms with Crippen molar-refractivity contribution in [3.63, 3.8) is 0 Å². The van der Waals surface area contributed by atoms with Gasteiger partial charge in [0, 0.05) is 49.6 Å². The fraction of sp³-hybridized carbons (Fsp3) is 0.290. The van der Waals surface area contributed by atoms with Gasteiger partial charge in [-0.25, -0.2) is 14.2 Å². The van der Waals surface area contributed by atoms with Crippen LogP contribution in [0.2, 0.25) is 0 Å². The highest BCUT2D eigenvalue weighted by molar-refractivity contribution is 5.98. The summed E-state index contributed by atoms with van der Waals surface area (Å²) in [6.07, 6.45) is -2.06. The zero-order valence-corrected chi connectivity index (χ0v) is 24.0. The number of piperazine rings is 1. The third kappa shape index (κ3) is 7.97. The second kappa shape index (κ2) is 14.0. The third-order valence-corrected chi connectivity index (χ3v) is 6.69. The first-order valence-corrected chi connectivity index (χ1v) is 13.5. The van der Waals surface area contributed by atoms with Gasteiger partial charge in [0.15, 0.2) is 0 Å². The van der Waals surface area contributed by atoms with Crippen molar-refractivity contribution in [1.82, 2.24) is 4.90 Å². The molecular formula is C31H32F4N4O4. The maximum absolute atomic E-state index is 15.2. The first-order chi connectivity index (χ1) is 20.6. The standard InChI is InChI=1S/C31H32F4N4O4/c1-4-43-28(40)14-11-21-7-5-10-25(32)29(21)37-30(36-26-19-22(31(33,34)35)12-13-27(26)42-3)39-17-15-38(16-18-39)23-8-6-9-24(20-23)41-2/h5-14,19-20H,4,15-18H2,1-3H3,(H,36,37)/b14-11+. The lowest BCUT2D eigenvalue weighted by Gasteiger charge is -2.38. The molecule has 0 unspecified atom stereocenters. The first-order valence-electron chi connectivity index (χ1n) is 13.5. The van der Waals surface area contributed by atoms with Crippen LogP contribution in [0.25, 0.3) is 6.08 Å². The van der Waals surface area contributed by atoms with Crippen LogP contribution in [0, 0.1) is 5.82 Å². The first kappa shape index (κ1) is 31.2. The quantitative estimate of drug-likeness (QED) is 0.106. The molecule has 4 rings (SSSR count). The molecule has 0 saturated carbocycles. The molecule has 0 aliphatic carbocycles. The van der Waals surface area contributed by atoms with E-state index in [1.807, 2.05) is 29.2 Å². The number of aliphatic imine (C=N–C) groups is 1. The summed E-state index contributed by atoms with van der Waals surface area (Å²) in [6, 6.07) is 14.9. The molecule has 228 valence electrons. The van der Waals surface area contributed by atoms with E-state index >= 15 is 4.39 Å². The van der Waals surface area contributed by atoms with E-state index in [4.69, 9.17) is 14.2 Å². The molecule has 1 aliphatic heterocycles. The van der Waals surface area contributed by atoms with Crippen LogP contribution >= 0.6 is 0 Å². The Bertz CT molecular complexity index is 1480. The van der Waals surface area contributed by atoms with Crippen LogP contribution < -0.4 is 19.7 Å². The predicted octanol–water partition coefficient (Wildman–Crippen LogP) is 6.36. The van der Waals surface area contributed by atoms with Crippen LogP contribution in [0.15, 0.2) is 71.7 Å². The van der Waals surface area contributed by atoms with Crippen molar-refractivity contribution in [2.24, 2.45) is 4.99 Å². The fourth-order valence-electron chi connectivity index (χ4n) is 4.50. The highest BCUT2D eigenvalue weighted by Gasteiger charge is 2.32. The number of para-hydroxylation sites is 1. The van der Waals surface area contributed by atoms with Gasteiger partial charge in [-0.15, -0.1) is 0 Å². The zero-order chi connectivity index (χ0) is 31.0. The number of benzene rings is 3. The summed E-state index contributed by atoms with van der Waals surface area (Å²) in [5, 5.41) is 2.97. The van der Waals surface area contributed by atoms with Gasteiger partial charge in [-0.05, 0) is 49.4 Å². The molecule has 8 nitrogen and oxygen atoms in total. The van der Waals surface area contributed by atoms with Gasteiger partial charge in [0.1, 0.15) is 23.0 Å². The van der Waals surface area contributed by atoms with Gasteiger partial charge in [-0.1, -0.05) is 18.2 Å². The monoisotopic (exact) mass is 600 g/mol. The lowest BCUT2D eigenvalue weighted by molar-refractivity contribution is -0.138. The normalized spacial score (nSPS) is 14.2. The van der Waals surface area contributed by atoms with Crippen molar-refractivity contribution in [3.05, 3.63) is 83.7 Å². The second-order valence-corrected chi connectivity index (χ2v) is 9.41. The number of hydrogen-bond donors (Lipinski definition) is 1. The molecule has 0 bridgehead atoms. The fourth-order valence-corrected chi connectivity index (χ4v) is 4.50. The number of nitrogens with one attached hydrogen (secondary N) is 1. The maximum atomic E-state index is 15.2. The largest absolute Gasteiger partial charge is 0.497 e.